The van der Waals surface area contributed by atoms with Crippen LogP contribution in [0.15, 0.2) is 0 Å². The molecule has 2 fully saturated rings. The van der Waals surface area contributed by atoms with Crippen molar-refractivity contribution >= 4 is 5.78 Å². The van der Waals surface area contributed by atoms with Crippen LogP contribution in [0.1, 0.15) is 39.5 Å². The third kappa shape index (κ3) is 1.72. The maximum atomic E-state index is 12.6. The number of rotatable bonds is 3. The van der Waals surface area contributed by atoms with Crippen molar-refractivity contribution in [3.8, 4) is 12.3 Å². The zero-order chi connectivity index (χ0) is 12.7. The molecule has 0 aromatic carbocycles. The molecule has 0 radical (unpaired) electrons. The van der Waals surface area contributed by atoms with E-state index in [2.05, 4.69) is 19.8 Å². The molecule has 2 saturated carbocycles. The predicted molar refractivity (Wildman–Crippen MR) is 67.4 cm³/mol. The van der Waals surface area contributed by atoms with Crippen LogP contribution < -0.4 is 0 Å². The first-order valence-corrected chi connectivity index (χ1v) is 6.44. The second kappa shape index (κ2) is 4.14. The average Bonchev–Trinajstić information content (AvgIpc) is 2.37. The molecule has 0 amide bonds. The number of methoxy groups -OCH3 is 1. The highest BCUT2D eigenvalue weighted by molar-refractivity contribution is 5.91. The van der Waals surface area contributed by atoms with Gasteiger partial charge < -0.3 is 4.74 Å². The second-order valence-corrected chi connectivity index (χ2v) is 6.35. The summed E-state index contributed by atoms with van der Waals surface area (Å²) in [4.78, 5) is 12.6. The SMILES string of the molecule is C#CC[C@@]12CC(C)(C)[C@@H](CC[C@@H]1COC)C2=O. The summed E-state index contributed by atoms with van der Waals surface area (Å²) in [5.41, 5.74) is -0.187. The second-order valence-electron chi connectivity index (χ2n) is 6.35. The molecule has 94 valence electrons. The van der Waals surface area contributed by atoms with Gasteiger partial charge in [-0.1, -0.05) is 13.8 Å². The number of hydrogen-bond acceptors (Lipinski definition) is 2. The zero-order valence-electron chi connectivity index (χ0n) is 11.1. The molecule has 2 aliphatic carbocycles. The fourth-order valence-corrected chi connectivity index (χ4v) is 4.16. The van der Waals surface area contributed by atoms with Crippen LogP contribution in [0.4, 0.5) is 0 Å². The van der Waals surface area contributed by atoms with E-state index in [4.69, 9.17) is 11.2 Å². The summed E-state index contributed by atoms with van der Waals surface area (Å²) < 4.78 is 5.30. The Balaban J connectivity index is 2.38. The van der Waals surface area contributed by atoms with E-state index in [-0.39, 0.29) is 16.7 Å². The van der Waals surface area contributed by atoms with Crippen molar-refractivity contribution in [1.82, 2.24) is 0 Å². The summed E-state index contributed by atoms with van der Waals surface area (Å²) in [6.45, 7) is 5.09. The van der Waals surface area contributed by atoms with Crippen LogP contribution in [0.5, 0.6) is 0 Å². The average molecular weight is 234 g/mol. The first-order valence-electron chi connectivity index (χ1n) is 6.44. The predicted octanol–water partition coefficient (Wildman–Crippen LogP) is 2.67. The summed E-state index contributed by atoms with van der Waals surface area (Å²) in [7, 11) is 1.71. The van der Waals surface area contributed by atoms with Crippen LogP contribution in [-0.2, 0) is 9.53 Å². The van der Waals surface area contributed by atoms with Crippen molar-refractivity contribution in [2.24, 2.45) is 22.7 Å². The van der Waals surface area contributed by atoms with Gasteiger partial charge in [0.1, 0.15) is 5.78 Å². The van der Waals surface area contributed by atoms with Crippen molar-refractivity contribution in [2.75, 3.05) is 13.7 Å². The lowest BCUT2D eigenvalue weighted by Crippen LogP contribution is -2.42. The number of Topliss-reactive ketones (excluding diaryl/α,β-unsaturated/α-hetero) is 1. The molecule has 0 aliphatic heterocycles. The third-order valence-electron chi connectivity index (χ3n) is 4.89. The lowest BCUT2D eigenvalue weighted by atomic mass is 9.65. The molecule has 3 atom stereocenters. The van der Waals surface area contributed by atoms with Crippen molar-refractivity contribution in [3.63, 3.8) is 0 Å². The fourth-order valence-electron chi connectivity index (χ4n) is 4.16. The highest BCUT2D eigenvalue weighted by Crippen LogP contribution is 2.61. The van der Waals surface area contributed by atoms with E-state index in [1.807, 2.05) is 0 Å². The Kier molecular flexibility index (Phi) is 3.08. The lowest BCUT2D eigenvalue weighted by molar-refractivity contribution is -0.137. The molecule has 0 spiro atoms. The van der Waals surface area contributed by atoms with Crippen molar-refractivity contribution in [1.29, 1.82) is 0 Å². The van der Waals surface area contributed by atoms with Gasteiger partial charge in [-0.15, -0.1) is 12.3 Å². The molecule has 2 aliphatic rings. The first kappa shape index (κ1) is 12.6. The highest BCUT2D eigenvalue weighted by Gasteiger charge is 2.61. The Hall–Kier alpha value is -0.810. The van der Waals surface area contributed by atoms with Gasteiger partial charge in [0.05, 0.1) is 0 Å². The summed E-state index contributed by atoms with van der Waals surface area (Å²) in [5, 5.41) is 0. The molecule has 0 aromatic heterocycles. The van der Waals surface area contributed by atoms with Crippen molar-refractivity contribution < 1.29 is 9.53 Å². The van der Waals surface area contributed by atoms with E-state index in [0.29, 0.717) is 24.7 Å². The summed E-state index contributed by atoms with van der Waals surface area (Å²) in [6, 6.07) is 0. The Morgan fingerprint density at radius 3 is 2.76 bits per heavy atom. The van der Waals surface area contributed by atoms with E-state index in [9.17, 15) is 4.79 Å². The summed E-state index contributed by atoms with van der Waals surface area (Å²) >= 11 is 0. The molecule has 0 heterocycles. The number of ketones is 1. The van der Waals surface area contributed by atoms with Gasteiger partial charge in [-0.25, -0.2) is 0 Å². The molecule has 2 nitrogen and oxygen atoms in total. The van der Waals surface area contributed by atoms with Crippen LogP contribution >= 0.6 is 0 Å². The Labute approximate surface area is 104 Å². The van der Waals surface area contributed by atoms with Crippen LogP contribution in [-0.4, -0.2) is 19.5 Å². The summed E-state index contributed by atoms with van der Waals surface area (Å²) in [5.74, 6) is 3.67. The lowest BCUT2D eigenvalue weighted by Gasteiger charge is -2.38. The van der Waals surface area contributed by atoms with Gasteiger partial charge in [0.25, 0.3) is 0 Å². The van der Waals surface area contributed by atoms with Crippen molar-refractivity contribution in [3.05, 3.63) is 0 Å². The topological polar surface area (TPSA) is 26.3 Å². The monoisotopic (exact) mass is 234 g/mol. The molecular weight excluding hydrogens is 212 g/mol. The van der Waals surface area contributed by atoms with E-state index < -0.39 is 0 Å². The number of ether oxygens (including phenoxy) is 1. The smallest absolute Gasteiger partial charge is 0.143 e. The van der Waals surface area contributed by atoms with Crippen molar-refractivity contribution in [2.45, 2.75) is 39.5 Å². The molecular formula is C15H22O2. The third-order valence-corrected chi connectivity index (χ3v) is 4.89. The molecule has 2 heteroatoms. The number of carbonyl (C=O) groups is 1. The van der Waals surface area contributed by atoms with Gasteiger partial charge in [-0.3, -0.25) is 4.79 Å². The Bertz CT molecular complexity index is 364. The van der Waals surface area contributed by atoms with Crippen LogP contribution in [0.3, 0.4) is 0 Å². The van der Waals surface area contributed by atoms with Crippen LogP contribution in [0.25, 0.3) is 0 Å². The number of hydrogen-bond donors (Lipinski definition) is 0. The number of carbonyl (C=O) groups excluding carboxylic acids is 1. The molecule has 0 N–H and O–H groups in total. The van der Waals surface area contributed by atoms with E-state index in [1.54, 1.807) is 7.11 Å². The molecule has 0 aromatic rings. The van der Waals surface area contributed by atoms with Gasteiger partial charge in [0.15, 0.2) is 0 Å². The van der Waals surface area contributed by atoms with E-state index in [0.717, 1.165) is 19.3 Å². The summed E-state index contributed by atoms with van der Waals surface area (Å²) in [6.07, 6.45) is 9.11. The molecule has 2 rings (SSSR count). The molecule has 0 saturated heterocycles. The highest BCUT2D eigenvalue weighted by atomic mass is 16.5. The largest absolute Gasteiger partial charge is 0.384 e. The normalized spacial score (nSPS) is 39.1. The number of terminal acetylenes is 1. The van der Waals surface area contributed by atoms with Crippen LogP contribution in [0, 0.1) is 35.0 Å². The van der Waals surface area contributed by atoms with Crippen LogP contribution in [0.2, 0.25) is 0 Å². The molecule has 2 bridgehead atoms. The minimum atomic E-state index is -0.294. The first-order chi connectivity index (χ1) is 7.98. The standard InChI is InChI=1S/C15H22O2/c1-5-8-15-10-14(2,3)12(13(15)16)7-6-11(15)9-17-4/h1,11-12H,6-10H2,2-4H3/t11-,12+,15-/m1/s1. The minimum absolute atomic E-state index is 0.108. The van der Waals surface area contributed by atoms with Gasteiger partial charge in [-0.2, -0.15) is 0 Å². The van der Waals surface area contributed by atoms with E-state index in [1.165, 1.54) is 0 Å². The Morgan fingerprint density at radius 2 is 2.18 bits per heavy atom. The van der Waals surface area contributed by atoms with Gasteiger partial charge in [0.2, 0.25) is 0 Å². The van der Waals surface area contributed by atoms with E-state index >= 15 is 0 Å². The fraction of sp³-hybridized carbons (Fsp3) is 0.800. The van der Waals surface area contributed by atoms with Gasteiger partial charge >= 0.3 is 0 Å². The quantitative estimate of drug-likeness (QED) is 0.702. The van der Waals surface area contributed by atoms with Gasteiger partial charge in [0, 0.05) is 31.5 Å². The Morgan fingerprint density at radius 1 is 1.47 bits per heavy atom. The van der Waals surface area contributed by atoms with Gasteiger partial charge in [-0.05, 0) is 30.6 Å². The molecule has 0 unspecified atom stereocenters. The molecule has 17 heavy (non-hydrogen) atoms. The maximum absolute atomic E-state index is 12.6. The zero-order valence-corrected chi connectivity index (χ0v) is 11.1. The maximum Gasteiger partial charge on any atom is 0.143 e. The minimum Gasteiger partial charge on any atom is -0.384 e. The number of fused-ring (bicyclic) bond motifs is 2.